The van der Waals surface area contributed by atoms with Gasteiger partial charge in [0.2, 0.25) is 0 Å². The molecule has 0 saturated carbocycles. The van der Waals surface area contributed by atoms with Gasteiger partial charge in [-0.25, -0.2) is 0 Å². The predicted octanol–water partition coefficient (Wildman–Crippen LogP) is 1.00. The largest absolute Gasteiger partial charge is 0.481 e. The summed E-state index contributed by atoms with van der Waals surface area (Å²) >= 11 is 0. The fraction of sp³-hybridized carbons (Fsp3) is 0.875. The first-order valence-electron chi connectivity index (χ1n) is 4.03. The van der Waals surface area contributed by atoms with E-state index in [1.807, 2.05) is 0 Å². The van der Waals surface area contributed by atoms with Crippen LogP contribution in [0.3, 0.4) is 0 Å². The second kappa shape index (κ2) is 3.41. The second-order valence-electron chi connectivity index (χ2n) is 3.37. The van der Waals surface area contributed by atoms with Crippen LogP contribution in [0.2, 0.25) is 0 Å². The van der Waals surface area contributed by atoms with Crippen LogP contribution in [0.4, 0.5) is 0 Å². The Kier molecular flexibility index (Phi) is 2.69. The summed E-state index contributed by atoms with van der Waals surface area (Å²) in [5.41, 5.74) is 0. The smallest absolute Gasteiger partial charge is 0.305 e. The summed E-state index contributed by atoms with van der Waals surface area (Å²) in [5, 5.41) is 8.52. The number of ether oxygens (including phenoxy) is 2. The van der Waals surface area contributed by atoms with Gasteiger partial charge in [-0.15, -0.1) is 0 Å². The minimum absolute atomic E-state index is 0.0623. The molecule has 0 aromatic rings. The molecular weight excluding hydrogens is 160 g/mol. The number of hydrogen-bond acceptors (Lipinski definition) is 3. The van der Waals surface area contributed by atoms with Crippen molar-refractivity contribution < 1.29 is 19.4 Å². The number of carbonyl (C=O) groups is 1. The van der Waals surface area contributed by atoms with Crippen molar-refractivity contribution in [3.8, 4) is 0 Å². The van der Waals surface area contributed by atoms with Crippen molar-refractivity contribution in [2.45, 2.75) is 38.6 Å². The molecule has 1 heterocycles. The molecule has 0 amide bonds. The molecule has 70 valence electrons. The third-order valence-corrected chi connectivity index (χ3v) is 1.74. The first kappa shape index (κ1) is 9.48. The van der Waals surface area contributed by atoms with Gasteiger partial charge < -0.3 is 14.6 Å². The quantitative estimate of drug-likeness (QED) is 0.678. The zero-order chi connectivity index (χ0) is 9.19. The normalized spacial score (nSPS) is 28.3. The number of rotatable bonds is 2. The van der Waals surface area contributed by atoms with E-state index >= 15 is 0 Å². The Bertz CT molecular complexity index is 176. The van der Waals surface area contributed by atoms with E-state index in [9.17, 15) is 4.79 Å². The van der Waals surface area contributed by atoms with Gasteiger partial charge in [-0.05, 0) is 20.3 Å². The lowest BCUT2D eigenvalue weighted by Gasteiger charge is -2.35. The highest BCUT2D eigenvalue weighted by Gasteiger charge is 2.30. The van der Waals surface area contributed by atoms with Crippen molar-refractivity contribution in [2.75, 3.05) is 6.61 Å². The van der Waals surface area contributed by atoms with Crippen molar-refractivity contribution in [3.05, 3.63) is 0 Å². The lowest BCUT2D eigenvalue weighted by molar-refractivity contribution is -0.273. The molecule has 1 rings (SSSR count). The van der Waals surface area contributed by atoms with Crippen LogP contribution in [0.1, 0.15) is 26.7 Å². The zero-order valence-electron chi connectivity index (χ0n) is 7.37. The predicted molar refractivity (Wildman–Crippen MR) is 41.8 cm³/mol. The Morgan fingerprint density at radius 3 is 2.83 bits per heavy atom. The monoisotopic (exact) mass is 174 g/mol. The Labute approximate surface area is 71.5 Å². The molecule has 0 bridgehead atoms. The van der Waals surface area contributed by atoms with Gasteiger partial charge in [-0.1, -0.05) is 0 Å². The summed E-state index contributed by atoms with van der Waals surface area (Å²) in [6.07, 6.45) is 0.522. The van der Waals surface area contributed by atoms with Crippen LogP contribution in [0.25, 0.3) is 0 Å². The molecule has 1 aliphatic heterocycles. The van der Waals surface area contributed by atoms with Crippen molar-refractivity contribution in [2.24, 2.45) is 0 Å². The molecule has 0 aliphatic carbocycles. The first-order valence-corrected chi connectivity index (χ1v) is 4.03. The van der Waals surface area contributed by atoms with Crippen LogP contribution in [0.15, 0.2) is 0 Å². The molecule has 1 N–H and O–H groups in total. The fourth-order valence-corrected chi connectivity index (χ4v) is 1.27. The lowest BCUT2D eigenvalue weighted by atomic mass is 10.1. The maximum absolute atomic E-state index is 10.4. The van der Waals surface area contributed by atoms with Crippen LogP contribution >= 0.6 is 0 Å². The average Bonchev–Trinajstić information content (AvgIpc) is 1.82. The van der Waals surface area contributed by atoms with E-state index in [1.54, 1.807) is 13.8 Å². The van der Waals surface area contributed by atoms with Crippen LogP contribution in [0.5, 0.6) is 0 Å². The van der Waals surface area contributed by atoms with Gasteiger partial charge in [-0.3, -0.25) is 4.79 Å². The Balaban J connectivity index is 2.41. The van der Waals surface area contributed by atoms with Gasteiger partial charge in [0.15, 0.2) is 5.79 Å². The van der Waals surface area contributed by atoms with Crippen LogP contribution < -0.4 is 0 Å². The van der Waals surface area contributed by atoms with E-state index in [4.69, 9.17) is 14.6 Å². The van der Waals surface area contributed by atoms with Crippen LogP contribution in [0, 0.1) is 0 Å². The molecule has 1 saturated heterocycles. The zero-order valence-corrected chi connectivity index (χ0v) is 7.37. The van der Waals surface area contributed by atoms with Gasteiger partial charge in [-0.2, -0.15) is 0 Å². The van der Waals surface area contributed by atoms with Gasteiger partial charge in [0, 0.05) is 0 Å². The highest BCUT2D eigenvalue weighted by molar-refractivity contribution is 5.67. The Morgan fingerprint density at radius 2 is 2.33 bits per heavy atom. The maximum Gasteiger partial charge on any atom is 0.305 e. The molecule has 1 aliphatic rings. The SMILES string of the molecule is CC1(C)OCCC(CC(=O)O)O1. The van der Waals surface area contributed by atoms with Crippen molar-refractivity contribution in [1.82, 2.24) is 0 Å². The van der Waals surface area contributed by atoms with Gasteiger partial charge >= 0.3 is 5.97 Å². The maximum atomic E-state index is 10.4. The topological polar surface area (TPSA) is 55.8 Å². The van der Waals surface area contributed by atoms with E-state index in [1.165, 1.54) is 0 Å². The summed E-state index contributed by atoms with van der Waals surface area (Å²) in [7, 11) is 0. The van der Waals surface area contributed by atoms with Crippen LogP contribution in [-0.2, 0) is 14.3 Å². The summed E-state index contributed by atoms with van der Waals surface area (Å²) in [6, 6.07) is 0. The minimum Gasteiger partial charge on any atom is -0.481 e. The van der Waals surface area contributed by atoms with E-state index in [0.717, 1.165) is 0 Å². The van der Waals surface area contributed by atoms with Gasteiger partial charge in [0.05, 0.1) is 19.1 Å². The third kappa shape index (κ3) is 2.79. The third-order valence-electron chi connectivity index (χ3n) is 1.74. The standard InChI is InChI=1S/C8H14O4/c1-8(2)11-4-3-6(12-8)5-7(9)10/h6H,3-5H2,1-2H3,(H,9,10). The number of carboxylic acid groups (broad SMARTS) is 1. The highest BCUT2D eigenvalue weighted by atomic mass is 16.7. The van der Waals surface area contributed by atoms with E-state index < -0.39 is 11.8 Å². The molecule has 0 aromatic heterocycles. The van der Waals surface area contributed by atoms with E-state index in [0.29, 0.717) is 13.0 Å². The summed E-state index contributed by atoms with van der Waals surface area (Å²) in [6.45, 7) is 4.16. The first-order chi connectivity index (χ1) is 5.49. The van der Waals surface area contributed by atoms with Crippen molar-refractivity contribution in [1.29, 1.82) is 0 Å². The number of hydrogen-bond donors (Lipinski definition) is 1. The van der Waals surface area contributed by atoms with E-state index in [2.05, 4.69) is 0 Å². The minimum atomic E-state index is -0.822. The fourth-order valence-electron chi connectivity index (χ4n) is 1.27. The number of aliphatic carboxylic acids is 1. The highest BCUT2D eigenvalue weighted by Crippen LogP contribution is 2.23. The summed E-state index contributed by atoms with van der Waals surface area (Å²) in [5.74, 6) is -1.45. The average molecular weight is 174 g/mol. The molecule has 0 spiro atoms. The molecular formula is C8H14O4. The second-order valence-corrected chi connectivity index (χ2v) is 3.37. The molecule has 0 radical (unpaired) electrons. The molecule has 12 heavy (non-hydrogen) atoms. The van der Waals surface area contributed by atoms with Gasteiger partial charge in [0.25, 0.3) is 0 Å². The van der Waals surface area contributed by atoms with Crippen molar-refractivity contribution >= 4 is 5.97 Å². The van der Waals surface area contributed by atoms with Crippen molar-refractivity contribution in [3.63, 3.8) is 0 Å². The summed E-state index contributed by atoms with van der Waals surface area (Å²) in [4.78, 5) is 10.4. The van der Waals surface area contributed by atoms with Crippen LogP contribution in [-0.4, -0.2) is 29.6 Å². The molecule has 1 atom stereocenters. The lowest BCUT2D eigenvalue weighted by Crippen LogP contribution is -2.40. The Hall–Kier alpha value is -0.610. The molecule has 0 aromatic carbocycles. The molecule has 1 unspecified atom stereocenters. The van der Waals surface area contributed by atoms with Gasteiger partial charge in [0.1, 0.15) is 0 Å². The summed E-state index contributed by atoms with van der Waals surface area (Å²) < 4.78 is 10.6. The Morgan fingerprint density at radius 1 is 1.67 bits per heavy atom. The number of carboxylic acids is 1. The molecule has 4 nitrogen and oxygen atoms in total. The molecule has 1 fully saturated rings. The molecule has 4 heteroatoms. The van der Waals surface area contributed by atoms with E-state index in [-0.39, 0.29) is 12.5 Å².